The molecule has 0 rings (SSSR count). The summed E-state index contributed by atoms with van der Waals surface area (Å²) in [5.41, 5.74) is -0.269. The predicted molar refractivity (Wildman–Crippen MR) is 51.5 cm³/mol. The molecule has 0 aliphatic rings. The van der Waals surface area contributed by atoms with E-state index in [2.05, 4.69) is 4.72 Å². The lowest BCUT2D eigenvalue weighted by molar-refractivity contribution is 0.300. The van der Waals surface area contributed by atoms with E-state index in [1.54, 1.807) is 13.8 Å². The average Bonchev–Trinajstić information content (AvgIpc) is 1.85. The third kappa shape index (κ3) is 1.80. The lowest BCUT2D eigenvalue weighted by atomic mass is 9.83. The monoisotopic (exact) mass is 193 g/mol. The zero-order valence-corrected chi connectivity index (χ0v) is 9.54. The van der Waals surface area contributed by atoms with Gasteiger partial charge in [0.25, 0.3) is 0 Å². The van der Waals surface area contributed by atoms with Crippen LogP contribution in [0.25, 0.3) is 0 Å². The number of rotatable bonds is 2. The summed E-state index contributed by atoms with van der Waals surface area (Å²) in [4.78, 5) is 0. The molecule has 0 atom stereocenters. The number of hydrogen-bond donors (Lipinski definition) is 1. The third-order valence-corrected chi connectivity index (χ3v) is 5.24. The number of hydrogen-bond acceptors (Lipinski definition) is 2. The van der Waals surface area contributed by atoms with Crippen molar-refractivity contribution in [2.45, 2.75) is 39.4 Å². The molecule has 0 bridgehead atoms. The van der Waals surface area contributed by atoms with Crippen LogP contribution >= 0.6 is 0 Å². The smallest absolute Gasteiger partial charge is 0.217 e. The van der Waals surface area contributed by atoms with Crippen LogP contribution in [0.15, 0.2) is 0 Å². The van der Waals surface area contributed by atoms with E-state index < -0.39 is 14.8 Å². The topological polar surface area (TPSA) is 46.2 Å². The lowest BCUT2D eigenvalue weighted by Gasteiger charge is -2.37. The molecule has 12 heavy (non-hydrogen) atoms. The van der Waals surface area contributed by atoms with Crippen molar-refractivity contribution in [3.8, 4) is 0 Å². The molecule has 4 heteroatoms. The molecule has 0 saturated heterocycles. The van der Waals surface area contributed by atoms with Crippen LogP contribution in [0.4, 0.5) is 0 Å². The van der Waals surface area contributed by atoms with Crippen LogP contribution in [-0.4, -0.2) is 20.2 Å². The second-order valence-electron chi connectivity index (χ2n) is 4.47. The maximum absolute atomic E-state index is 11.6. The molecule has 0 spiro atoms. The molecule has 3 nitrogen and oxygen atoms in total. The Morgan fingerprint density at radius 2 is 1.33 bits per heavy atom. The largest absolute Gasteiger partial charge is 0.218 e. The quantitative estimate of drug-likeness (QED) is 0.719. The number of nitrogens with one attached hydrogen (secondary N) is 1. The number of sulfonamides is 1. The van der Waals surface area contributed by atoms with Gasteiger partial charge in [0.15, 0.2) is 0 Å². The summed E-state index contributed by atoms with van der Waals surface area (Å²) in [7, 11) is -1.76. The molecule has 0 aromatic carbocycles. The van der Waals surface area contributed by atoms with Crippen molar-refractivity contribution in [3.63, 3.8) is 0 Å². The summed E-state index contributed by atoms with van der Waals surface area (Å²) in [5.74, 6) is 0. The summed E-state index contributed by atoms with van der Waals surface area (Å²) < 4.78 is 24.7. The van der Waals surface area contributed by atoms with Gasteiger partial charge >= 0.3 is 0 Å². The third-order valence-electron chi connectivity index (χ3n) is 2.75. The summed E-state index contributed by atoms with van der Waals surface area (Å²) in [6, 6.07) is 0. The standard InChI is InChI=1S/C8H19NO2S/c1-7(2,3)8(4,5)12(10,11)9-6/h9H,1-6H3. The summed E-state index contributed by atoms with van der Waals surface area (Å²) >= 11 is 0. The SMILES string of the molecule is CNS(=O)(=O)C(C)(C)C(C)(C)C. The van der Waals surface area contributed by atoms with Gasteiger partial charge in [-0.3, -0.25) is 0 Å². The minimum atomic E-state index is -3.21. The fraction of sp³-hybridized carbons (Fsp3) is 1.00. The Kier molecular flexibility index (Phi) is 2.97. The Balaban J connectivity index is 5.14. The first-order valence-corrected chi connectivity index (χ1v) is 5.47. The maximum atomic E-state index is 11.6. The van der Waals surface area contributed by atoms with E-state index in [0.717, 1.165) is 0 Å². The van der Waals surface area contributed by atoms with Crippen molar-refractivity contribution in [2.24, 2.45) is 5.41 Å². The van der Waals surface area contributed by atoms with Gasteiger partial charge < -0.3 is 0 Å². The van der Waals surface area contributed by atoms with Crippen LogP contribution < -0.4 is 4.72 Å². The van der Waals surface area contributed by atoms with Crippen molar-refractivity contribution in [1.29, 1.82) is 0 Å². The van der Waals surface area contributed by atoms with Gasteiger partial charge in [-0.1, -0.05) is 20.8 Å². The molecule has 0 unspecified atom stereocenters. The second-order valence-corrected chi connectivity index (χ2v) is 6.90. The fourth-order valence-corrected chi connectivity index (χ4v) is 1.97. The Bertz CT molecular complexity index is 247. The van der Waals surface area contributed by atoms with Gasteiger partial charge in [0.05, 0.1) is 4.75 Å². The van der Waals surface area contributed by atoms with Crippen LogP contribution in [0.2, 0.25) is 0 Å². The first-order valence-electron chi connectivity index (χ1n) is 3.99. The highest BCUT2D eigenvalue weighted by molar-refractivity contribution is 7.90. The van der Waals surface area contributed by atoms with Gasteiger partial charge in [0.1, 0.15) is 0 Å². The van der Waals surface area contributed by atoms with Crippen molar-refractivity contribution in [2.75, 3.05) is 7.05 Å². The average molecular weight is 193 g/mol. The van der Waals surface area contributed by atoms with Crippen molar-refractivity contribution in [3.05, 3.63) is 0 Å². The summed E-state index contributed by atoms with van der Waals surface area (Å²) in [5, 5.41) is 0. The molecule has 0 heterocycles. The Labute approximate surface area is 75.6 Å². The molecule has 0 amide bonds. The molecule has 0 aromatic heterocycles. The van der Waals surface area contributed by atoms with Gasteiger partial charge in [-0.15, -0.1) is 0 Å². The Morgan fingerprint density at radius 3 is 1.42 bits per heavy atom. The van der Waals surface area contributed by atoms with Gasteiger partial charge in [-0.2, -0.15) is 0 Å². The van der Waals surface area contributed by atoms with Gasteiger partial charge in [-0.05, 0) is 26.3 Å². The zero-order chi connectivity index (χ0) is 10.2. The van der Waals surface area contributed by atoms with Crippen LogP contribution in [0.3, 0.4) is 0 Å². The highest BCUT2D eigenvalue weighted by Crippen LogP contribution is 2.35. The molecule has 0 aliphatic heterocycles. The van der Waals surface area contributed by atoms with E-state index in [-0.39, 0.29) is 5.41 Å². The van der Waals surface area contributed by atoms with Crippen molar-refractivity contribution >= 4 is 10.0 Å². The molecule has 0 fully saturated rings. The fourth-order valence-electron chi connectivity index (χ4n) is 0.658. The Morgan fingerprint density at radius 1 is 1.00 bits per heavy atom. The molecule has 0 aliphatic carbocycles. The minimum Gasteiger partial charge on any atom is -0.218 e. The van der Waals surface area contributed by atoms with Gasteiger partial charge in [-0.25, -0.2) is 13.1 Å². The lowest BCUT2D eigenvalue weighted by Crippen LogP contribution is -2.49. The summed E-state index contributed by atoms with van der Waals surface area (Å²) in [6.07, 6.45) is 0. The molecule has 0 radical (unpaired) electrons. The van der Waals surface area contributed by atoms with E-state index in [0.29, 0.717) is 0 Å². The van der Waals surface area contributed by atoms with E-state index in [4.69, 9.17) is 0 Å². The van der Waals surface area contributed by atoms with Gasteiger partial charge in [0.2, 0.25) is 10.0 Å². The van der Waals surface area contributed by atoms with E-state index >= 15 is 0 Å². The second kappa shape index (κ2) is 3.00. The molecule has 0 aromatic rings. The summed E-state index contributed by atoms with van der Waals surface area (Å²) in [6.45, 7) is 9.23. The molecule has 1 N–H and O–H groups in total. The molecule has 0 saturated carbocycles. The van der Waals surface area contributed by atoms with Crippen LogP contribution in [0.5, 0.6) is 0 Å². The zero-order valence-electron chi connectivity index (χ0n) is 8.72. The minimum absolute atomic E-state index is 0.269. The highest BCUT2D eigenvalue weighted by atomic mass is 32.2. The first kappa shape index (κ1) is 11.9. The van der Waals surface area contributed by atoms with Crippen LogP contribution in [-0.2, 0) is 10.0 Å². The van der Waals surface area contributed by atoms with Crippen LogP contribution in [0.1, 0.15) is 34.6 Å². The predicted octanol–water partition coefficient (Wildman–Crippen LogP) is 1.36. The Hall–Kier alpha value is -0.0900. The molecular weight excluding hydrogens is 174 g/mol. The first-order chi connectivity index (χ1) is 5.06. The molecular formula is C8H19NO2S. The maximum Gasteiger partial charge on any atom is 0.217 e. The van der Waals surface area contributed by atoms with E-state index in [1.165, 1.54) is 7.05 Å². The molecule has 74 valence electrons. The van der Waals surface area contributed by atoms with Gasteiger partial charge in [0, 0.05) is 0 Å². The highest BCUT2D eigenvalue weighted by Gasteiger charge is 2.43. The van der Waals surface area contributed by atoms with Crippen molar-refractivity contribution in [1.82, 2.24) is 4.72 Å². The van der Waals surface area contributed by atoms with Crippen molar-refractivity contribution < 1.29 is 8.42 Å². The van der Waals surface area contributed by atoms with Crippen LogP contribution in [0, 0.1) is 5.41 Å². The van der Waals surface area contributed by atoms with E-state index in [1.807, 2.05) is 20.8 Å². The van der Waals surface area contributed by atoms with E-state index in [9.17, 15) is 8.42 Å². The normalized spacial score (nSPS) is 14.8.